The van der Waals surface area contributed by atoms with Crippen LogP contribution in [0.4, 0.5) is 11.4 Å². The van der Waals surface area contributed by atoms with E-state index < -0.39 is 31.7 Å². The molecule has 0 saturated carbocycles. The van der Waals surface area contributed by atoms with Crippen LogP contribution in [0.15, 0.2) is 42.5 Å². The monoisotopic (exact) mass is 392 g/mol. The van der Waals surface area contributed by atoms with Crippen molar-refractivity contribution in [2.24, 2.45) is 0 Å². The van der Waals surface area contributed by atoms with Gasteiger partial charge in [0.05, 0.1) is 17.8 Å². The molecule has 0 aromatic heterocycles. The quantitative estimate of drug-likeness (QED) is 0.572. The Morgan fingerprint density at radius 2 is 1.85 bits per heavy atom. The van der Waals surface area contributed by atoms with E-state index in [1.807, 2.05) is 6.92 Å². The van der Waals surface area contributed by atoms with Gasteiger partial charge in [-0.1, -0.05) is 23.8 Å². The highest BCUT2D eigenvalue weighted by Gasteiger charge is 2.29. The summed E-state index contributed by atoms with van der Waals surface area (Å²) in [6.07, 6.45) is 0. The van der Waals surface area contributed by atoms with Crippen LogP contribution < -0.4 is 10.1 Å². The largest absolute Gasteiger partial charge is 0.490 e. The standard InChI is InChI=1S/C18H20N2O6S/c1-12-4-7-15(8-5-12)19-18(21)13(2)27(24,25)11-14-6-9-17(26-3)16(10-14)20(22)23/h4-10,13H,11H2,1-3H3,(H,19,21)/t13-/m0/s1. The highest BCUT2D eigenvalue weighted by atomic mass is 32.2. The van der Waals surface area contributed by atoms with Crippen LogP contribution in [0, 0.1) is 17.0 Å². The molecule has 0 spiro atoms. The number of nitrogens with zero attached hydrogens (tertiary/aromatic N) is 1. The molecule has 9 heteroatoms. The van der Waals surface area contributed by atoms with Gasteiger partial charge in [0.1, 0.15) is 5.25 Å². The molecule has 1 amide bonds. The molecule has 2 rings (SSSR count). The van der Waals surface area contributed by atoms with Gasteiger partial charge in [-0.05, 0) is 37.6 Å². The minimum absolute atomic E-state index is 0.0336. The van der Waals surface area contributed by atoms with Gasteiger partial charge in [-0.15, -0.1) is 0 Å². The van der Waals surface area contributed by atoms with Gasteiger partial charge in [-0.3, -0.25) is 14.9 Å². The number of anilines is 1. The fourth-order valence-electron chi connectivity index (χ4n) is 2.37. The summed E-state index contributed by atoms with van der Waals surface area (Å²) in [5, 5.41) is 12.3. The van der Waals surface area contributed by atoms with E-state index in [4.69, 9.17) is 4.74 Å². The molecule has 0 unspecified atom stereocenters. The van der Waals surface area contributed by atoms with Gasteiger partial charge in [-0.25, -0.2) is 8.42 Å². The first-order valence-corrected chi connectivity index (χ1v) is 9.76. The highest BCUT2D eigenvalue weighted by Crippen LogP contribution is 2.28. The molecule has 0 bridgehead atoms. The van der Waals surface area contributed by atoms with Gasteiger partial charge in [0.25, 0.3) is 0 Å². The molecule has 2 aromatic rings. The van der Waals surface area contributed by atoms with Crippen LogP contribution in [0.3, 0.4) is 0 Å². The molecule has 1 atom stereocenters. The molecule has 0 aliphatic heterocycles. The summed E-state index contributed by atoms with van der Waals surface area (Å²) in [5.74, 6) is -1.13. The van der Waals surface area contributed by atoms with Crippen molar-refractivity contribution in [3.05, 3.63) is 63.7 Å². The number of amides is 1. The molecule has 0 aliphatic carbocycles. The number of nitro groups is 1. The Kier molecular flexibility index (Phi) is 6.17. The average molecular weight is 392 g/mol. The highest BCUT2D eigenvalue weighted by molar-refractivity contribution is 7.92. The zero-order valence-electron chi connectivity index (χ0n) is 15.1. The van der Waals surface area contributed by atoms with Crippen LogP contribution in [-0.4, -0.2) is 31.6 Å². The van der Waals surface area contributed by atoms with Crippen LogP contribution in [0.25, 0.3) is 0 Å². The van der Waals surface area contributed by atoms with Gasteiger partial charge in [0.15, 0.2) is 15.6 Å². The predicted octanol–water partition coefficient (Wildman–Crippen LogP) is 2.85. The molecule has 2 aromatic carbocycles. The third-order valence-electron chi connectivity index (χ3n) is 4.03. The van der Waals surface area contributed by atoms with Crippen molar-refractivity contribution >= 4 is 27.1 Å². The first-order chi connectivity index (χ1) is 12.6. The van der Waals surface area contributed by atoms with Crippen LogP contribution in [0.2, 0.25) is 0 Å². The first-order valence-electron chi connectivity index (χ1n) is 8.04. The topological polar surface area (TPSA) is 116 Å². The Hall–Kier alpha value is -2.94. The normalized spacial score (nSPS) is 12.3. The Morgan fingerprint density at radius 1 is 1.22 bits per heavy atom. The Morgan fingerprint density at radius 3 is 2.41 bits per heavy atom. The number of carbonyl (C=O) groups excluding carboxylic acids is 1. The van der Waals surface area contributed by atoms with Crippen molar-refractivity contribution in [3.8, 4) is 5.75 Å². The lowest BCUT2D eigenvalue weighted by atomic mass is 10.2. The third-order valence-corrected chi connectivity index (χ3v) is 6.06. The summed E-state index contributed by atoms with van der Waals surface area (Å²) in [4.78, 5) is 22.7. The fraction of sp³-hybridized carbons (Fsp3) is 0.278. The van der Waals surface area contributed by atoms with Gasteiger partial charge in [0.2, 0.25) is 5.91 Å². The Bertz CT molecular complexity index is 954. The second-order valence-corrected chi connectivity index (χ2v) is 8.39. The molecule has 0 fully saturated rings. The lowest BCUT2D eigenvalue weighted by molar-refractivity contribution is -0.385. The van der Waals surface area contributed by atoms with Crippen molar-refractivity contribution in [1.82, 2.24) is 0 Å². The second kappa shape index (κ2) is 8.17. The Labute approximate surface area is 157 Å². The smallest absolute Gasteiger partial charge is 0.311 e. The summed E-state index contributed by atoms with van der Waals surface area (Å²) in [6.45, 7) is 3.18. The van der Waals surface area contributed by atoms with Crippen LogP contribution in [0.1, 0.15) is 18.1 Å². The number of carbonyl (C=O) groups is 1. The zero-order valence-corrected chi connectivity index (χ0v) is 15.9. The number of nitrogens with one attached hydrogen (secondary N) is 1. The summed E-state index contributed by atoms with van der Waals surface area (Å²) in [6, 6.07) is 10.9. The SMILES string of the molecule is COc1ccc(CS(=O)(=O)[C@@H](C)C(=O)Nc2ccc(C)cc2)cc1[N+](=O)[O-]. The van der Waals surface area contributed by atoms with Gasteiger partial charge in [-0.2, -0.15) is 0 Å². The molecule has 0 heterocycles. The van der Waals surface area contributed by atoms with Gasteiger partial charge >= 0.3 is 5.69 Å². The van der Waals surface area contributed by atoms with Crippen LogP contribution >= 0.6 is 0 Å². The van der Waals surface area contributed by atoms with Crippen molar-refractivity contribution in [2.75, 3.05) is 12.4 Å². The second-order valence-electron chi connectivity index (χ2n) is 6.07. The molecule has 0 radical (unpaired) electrons. The number of sulfone groups is 1. The summed E-state index contributed by atoms with van der Waals surface area (Å²) >= 11 is 0. The summed E-state index contributed by atoms with van der Waals surface area (Å²) < 4.78 is 30.0. The number of rotatable bonds is 7. The lowest BCUT2D eigenvalue weighted by Crippen LogP contribution is -2.33. The van der Waals surface area contributed by atoms with Gasteiger partial charge < -0.3 is 10.1 Å². The van der Waals surface area contributed by atoms with E-state index in [1.165, 1.54) is 26.2 Å². The molecule has 1 N–H and O–H groups in total. The number of aryl methyl sites for hydroxylation is 1. The van der Waals surface area contributed by atoms with E-state index in [0.29, 0.717) is 5.69 Å². The number of ether oxygens (including phenoxy) is 1. The molecule has 8 nitrogen and oxygen atoms in total. The molecule has 0 saturated heterocycles. The van der Waals surface area contributed by atoms with Crippen molar-refractivity contribution in [3.63, 3.8) is 0 Å². The first kappa shape index (κ1) is 20.4. The van der Waals surface area contributed by atoms with Crippen LogP contribution in [-0.2, 0) is 20.4 Å². The number of methoxy groups -OCH3 is 1. The molecular formula is C18H20N2O6S. The van der Waals surface area contributed by atoms with E-state index >= 15 is 0 Å². The van der Waals surface area contributed by atoms with E-state index in [0.717, 1.165) is 11.6 Å². The molecule has 0 aliphatic rings. The van der Waals surface area contributed by atoms with Gasteiger partial charge in [0, 0.05) is 11.8 Å². The van der Waals surface area contributed by atoms with Crippen LogP contribution in [0.5, 0.6) is 5.75 Å². The number of hydrogen-bond acceptors (Lipinski definition) is 6. The van der Waals surface area contributed by atoms with Crippen molar-refractivity contribution < 1.29 is 22.9 Å². The minimum Gasteiger partial charge on any atom is -0.490 e. The number of hydrogen-bond donors (Lipinski definition) is 1. The Balaban J connectivity index is 2.17. The van der Waals surface area contributed by atoms with Crippen molar-refractivity contribution in [1.29, 1.82) is 0 Å². The zero-order chi connectivity index (χ0) is 20.2. The van der Waals surface area contributed by atoms with E-state index in [9.17, 15) is 23.3 Å². The molecule has 144 valence electrons. The fourth-order valence-corrected chi connectivity index (χ4v) is 3.65. The lowest BCUT2D eigenvalue weighted by Gasteiger charge is -2.14. The third kappa shape index (κ3) is 5.04. The number of benzene rings is 2. The van der Waals surface area contributed by atoms with E-state index in [-0.39, 0.29) is 17.0 Å². The van der Waals surface area contributed by atoms with Crippen molar-refractivity contribution in [2.45, 2.75) is 24.9 Å². The van der Waals surface area contributed by atoms with E-state index in [1.54, 1.807) is 24.3 Å². The average Bonchev–Trinajstić information content (AvgIpc) is 2.62. The maximum atomic E-state index is 12.6. The summed E-state index contributed by atoms with van der Waals surface area (Å²) in [5.41, 5.74) is 1.38. The maximum Gasteiger partial charge on any atom is 0.311 e. The predicted molar refractivity (Wildman–Crippen MR) is 102 cm³/mol. The van der Waals surface area contributed by atoms with E-state index in [2.05, 4.69) is 5.32 Å². The molecule has 27 heavy (non-hydrogen) atoms. The summed E-state index contributed by atoms with van der Waals surface area (Å²) in [7, 11) is -2.59. The minimum atomic E-state index is -3.88. The number of nitro benzene ring substituents is 1. The maximum absolute atomic E-state index is 12.6. The molecular weight excluding hydrogens is 372 g/mol.